The van der Waals surface area contributed by atoms with E-state index in [9.17, 15) is 13.2 Å². The largest absolute Gasteiger partial charge is 0.573 e. The van der Waals surface area contributed by atoms with Crippen LogP contribution in [0.1, 0.15) is 5.56 Å². The molecule has 0 bridgehead atoms. The van der Waals surface area contributed by atoms with E-state index in [0.717, 1.165) is 6.07 Å². The molecule has 1 nitrogen and oxygen atoms in total. The van der Waals surface area contributed by atoms with Gasteiger partial charge in [-0.2, -0.15) is 0 Å². The molecular weight excluding hydrogens is 169 g/mol. The van der Waals surface area contributed by atoms with Gasteiger partial charge in [-0.05, 0) is 24.6 Å². The third-order valence-electron chi connectivity index (χ3n) is 1.09. The van der Waals surface area contributed by atoms with E-state index < -0.39 is 6.36 Å². The van der Waals surface area contributed by atoms with Crippen LogP contribution >= 0.6 is 0 Å². The molecular formula is C8H5F3O. The Morgan fingerprint density at radius 1 is 1.25 bits per heavy atom. The molecule has 0 saturated carbocycles. The van der Waals surface area contributed by atoms with Crippen LogP contribution < -0.4 is 4.74 Å². The van der Waals surface area contributed by atoms with Gasteiger partial charge < -0.3 is 4.74 Å². The van der Waals surface area contributed by atoms with Crippen molar-refractivity contribution in [1.29, 1.82) is 0 Å². The van der Waals surface area contributed by atoms with Crippen molar-refractivity contribution in [2.45, 2.75) is 6.36 Å². The normalized spacial score (nSPS) is 11.3. The van der Waals surface area contributed by atoms with Crippen molar-refractivity contribution >= 4 is 0 Å². The molecule has 0 amide bonds. The number of hydrogen-bond donors (Lipinski definition) is 0. The molecule has 0 spiro atoms. The van der Waals surface area contributed by atoms with Gasteiger partial charge in [0.2, 0.25) is 0 Å². The zero-order chi connectivity index (χ0) is 9.19. The molecule has 1 aromatic carbocycles. The van der Waals surface area contributed by atoms with Crippen LogP contribution in [0.5, 0.6) is 5.75 Å². The van der Waals surface area contributed by atoms with Crippen LogP contribution in [0, 0.1) is 6.92 Å². The zero-order valence-electron chi connectivity index (χ0n) is 5.93. The number of halogens is 3. The predicted octanol–water partition coefficient (Wildman–Crippen LogP) is 2.64. The third kappa shape index (κ3) is 2.82. The minimum Gasteiger partial charge on any atom is -0.406 e. The van der Waals surface area contributed by atoms with Crippen molar-refractivity contribution in [1.82, 2.24) is 0 Å². The molecule has 0 aliphatic heterocycles. The Labute approximate surface area is 67.8 Å². The van der Waals surface area contributed by atoms with Crippen molar-refractivity contribution in [3.63, 3.8) is 0 Å². The van der Waals surface area contributed by atoms with E-state index >= 15 is 0 Å². The van der Waals surface area contributed by atoms with Gasteiger partial charge in [0.05, 0.1) is 0 Å². The molecule has 0 heterocycles. The second-order valence-electron chi connectivity index (χ2n) is 2.12. The van der Waals surface area contributed by atoms with E-state index in [-0.39, 0.29) is 11.3 Å². The number of rotatable bonds is 1. The van der Waals surface area contributed by atoms with Crippen LogP contribution in [-0.4, -0.2) is 6.36 Å². The molecule has 0 atom stereocenters. The van der Waals surface area contributed by atoms with Crippen LogP contribution in [0.3, 0.4) is 0 Å². The lowest BCUT2D eigenvalue weighted by Crippen LogP contribution is -2.17. The molecule has 1 rings (SSSR count). The summed E-state index contributed by atoms with van der Waals surface area (Å²) in [5, 5.41) is 0. The first-order valence-electron chi connectivity index (χ1n) is 3.09. The molecule has 0 unspecified atom stereocenters. The van der Waals surface area contributed by atoms with Gasteiger partial charge in [0.15, 0.2) is 0 Å². The quantitative estimate of drug-likeness (QED) is 0.635. The van der Waals surface area contributed by atoms with Gasteiger partial charge in [-0.1, -0.05) is 12.1 Å². The van der Waals surface area contributed by atoms with Crippen molar-refractivity contribution in [3.05, 3.63) is 36.8 Å². The van der Waals surface area contributed by atoms with Gasteiger partial charge in [0, 0.05) is 0 Å². The van der Waals surface area contributed by atoms with Gasteiger partial charge in [0.1, 0.15) is 5.75 Å². The summed E-state index contributed by atoms with van der Waals surface area (Å²) in [6, 6.07) is 5.15. The van der Waals surface area contributed by atoms with Crippen LogP contribution in [0.2, 0.25) is 0 Å². The minimum absolute atomic E-state index is 0.233. The Bertz CT molecular complexity index is 267. The summed E-state index contributed by atoms with van der Waals surface area (Å²) in [5.41, 5.74) is 0.233. The number of benzene rings is 1. The summed E-state index contributed by atoms with van der Waals surface area (Å²) in [7, 11) is 0. The average Bonchev–Trinajstić information content (AvgIpc) is 1.82. The van der Waals surface area contributed by atoms with Crippen LogP contribution in [0.15, 0.2) is 24.3 Å². The molecule has 12 heavy (non-hydrogen) atoms. The van der Waals surface area contributed by atoms with Crippen molar-refractivity contribution in [2.75, 3.05) is 0 Å². The van der Waals surface area contributed by atoms with E-state index in [1.165, 1.54) is 18.2 Å². The SMILES string of the molecule is [CH]c1cccc(OC(F)(F)F)c1. The maximum absolute atomic E-state index is 11.6. The van der Waals surface area contributed by atoms with Crippen LogP contribution in [-0.2, 0) is 0 Å². The fraction of sp³-hybridized carbons (Fsp3) is 0.125. The first kappa shape index (κ1) is 8.90. The summed E-state index contributed by atoms with van der Waals surface area (Å²) < 4.78 is 38.4. The highest BCUT2D eigenvalue weighted by Crippen LogP contribution is 2.22. The molecule has 4 heteroatoms. The van der Waals surface area contributed by atoms with E-state index in [1.54, 1.807) is 0 Å². The Balaban J connectivity index is 2.77. The van der Waals surface area contributed by atoms with Gasteiger partial charge >= 0.3 is 6.36 Å². The molecule has 0 fully saturated rings. The molecule has 0 aliphatic rings. The fourth-order valence-corrected chi connectivity index (χ4v) is 0.712. The highest BCUT2D eigenvalue weighted by molar-refractivity contribution is 5.29. The first-order chi connectivity index (χ1) is 5.47. The Morgan fingerprint density at radius 2 is 1.92 bits per heavy atom. The first-order valence-corrected chi connectivity index (χ1v) is 3.09. The van der Waals surface area contributed by atoms with E-state index in [1.807, 2.05) is 0 Å². The van der Waals surface area contributed by atoms with E-state index in [2.05, 4.69) is 4.74 Å². The van der Waals surface area contributed by atoms with E-state index in [0.29, 0.717) is 0 Å². The molecule has 0 N–H and O–H groups in total. The maximum atomic E-state index is 11.6. The Kier molecular flexibility index (Phi) is 2.26. The van der Waals surface area contributed by atoms with Crippen molar-refractivity contribution in [3.8, 4) is 5.75 Å². The summed E-state index contributed by atoms with van der Waals surface area (Å²) in [6.07, 6.45) is -4.66. The fourth-order valence-electron chi connectivity index (χ4n) is 0.712. The minimum atomic E-state index is -4.66. The summed E-state index contributed by atoms with van der Waals surface area (Å²) in [6.45, 7) is 5.23. The lowest BCUT2D eigenvalue weighted by atomic mass is 10.2. The number of alkyl halides is 3. The monoisotopic (exact) mass is 174 g/mol. The van der Waals surface area contributed by atoms with Gasteiger partial charge in [-0.3, -0.25) is 0 Å². The standard InChI is InChI=1S/C8H5F3O/c1-6-3-2-4-7(5-6)12-8(9,10)11/h1-5H. The molecule has 0 saturated heterocycles. The number of ether oxygens (including phenoxy) is 1. The highest BCUT2D eigenvalue weighted by Gasteiger charge is 2.30. The average molecular weight is 174 g/mol. The van der Waals surface area contributed by atoms with Crippen molar-refractivity contribution in [2.24, 2.45) is 0 Å². The molecule has 1 aromatic rings. The smallest absolute Gasteiger partial charge is 0.406 e. The Hall–Kier alpha value is -1.19. The lowest BCUT2D eigenvalue weighted by molar-refractivity contribution is -0.274. The highest BCUT2D eigenvalue weighted by atomic mass is 19.4. The summed E-state index contributed by atoms with van der Waals surface area (Å²) in [5.74, 6) is -0.303. The lowest BCUT2D eigenvalue weighted by Gasteiger charge is -2.08. The molecule has 0 aromatic heterocycles. The Morgan fingerprint density at radius 3 is 2.42 bits per heavy atom. The molecule has 2 radical (unpaired) electrons. The predicted molar refractivity (Wildman–Crippen MR) is 36.5 cm³/mol. The molecule has 64 valence electrons. The van der Waals surface area contributed by atoms with E-state index in [4.69, 9.17) is 6.92 Å². The van der Waals surface area contributed by atoms with Crippen LogP contribution in [0.25, 0.3) is 0 Å². The third-order valence-corrected chi connectivity index (χ3v) is 1.09. The van der Waals surface area contributed by atoms with Gasteiger partial charge in [0.25, 0.3) is 0 Å². The van der Waals surface area contributed by atoms with Gasteiger partial charge in [-0.15, -0.1) is 13.2 Å². The topological polar surface area (TPSA) is 9.23 Å². The second kappa shape index (κ2) is 3.05. The van der Waals surface area contributed by atoms with Gasteiger partial charge in [-0.25, -0.2) is 0 Å². The summed E-state index contributed by atoms with van der Waals surface area (Å²) in [4.78, 5) is 0. The maximum Gasteiger partial charge on any atom is 0.573 e. The summed E-state index contributed by atoms with van der Waals surface area (Å²) >= 11 is 0. The zero-order valence-corrected chi connectivity index (χ0v) is 5.93. The second-order valence-corrected chi connectivity index (χ2v) is 2.12. The number of hydrogen-bond acceptors (Lipinski definition) is 1. The van der Waals surface area contributed by atoms with Crippen molar-refractivity contribution < 1.29 is 17.9 Å². The van der Waals surface area contributed by atoms with Crippen LogP contribution in [0.4, 0.5) is 13.2 Å². The molecule has 0 aliphatic carbocycles.